The van der Waals surface area contributed by atoms with E-state index in [1.165, 1.54) is 0 Å². The van der Waals surface area contributed by atoms with Crippen LogP contribution in [0.4, 0.5) is 4.79 Å². The van der Waals surface area contributed by atoms with Crippen molar-refractivity contribution in [3.63, 3.8) is 0 Å². The van der Waals surface area contributed by atoms with E-state index < -0.39 is 23.7 Å². The largest absolute Gasteiger partial charge is 0.479 e. The van der Waals surface area contributed by atoms with Crippen molar-refractivity contribution >= 4 is 12.1 Å². The molecule has 0 saturated heterocycles. The Morgan fingerprint density at radius 2 is 1.79 bits per heavy atom. The molecule has 2 aromatic rings. The number of rotatable bonds is 4. The molecule has 24 heavy (non-hydrogen) atoms. The molecule has 0 fully saturated rings. The fourth-order valence-corrected chi connectivity index (χ4v) is 2.16. The number of carbonyl (C=O) groups excluding carboxylic acids is 1. The second-order valence-electron chi connectivity index (χ2n) is 6.28. The number of aromatic nitrogens is 1. The predicted octanol–water partition coefficient (Wildman–Crippen LogP) is 3.40. The number of amides is 1. The molecule has 1 amide bonds. The lowest BCUT2D eigenvalue weighted by Gasteiger charge is -2.22. The normalized spacial score (nSPS) is 12.3. The molecule has 1 unspecified atom stereocenters. The number of aliphatic carboxylic acids is 1. The van der Waals surface area contributed by atoms with Crippen LogP contribution in [0.2, 0.25) is 0 Å². The fraction of sp³-hybridized carbons (Fsp3) is 0.278. The number of nitrogens with zero attached hydrogens (tertiary/aromatic N) is 1. The van der Waals surface area contributed by atoms with Crippen molar-refractivity contribution in [2.24, 2.45) is 0 Å². The van der Waals surface area contributed by atoms with Crippen LogP contribution in [0.1, 0.15) is 32.4 Å². The standard InChI is InChI=1S/C18H20N2O4/c1-18(2,3)24-17(23)20-15(16(21)22)14-6-4-5-13(11-14)12-7-9-19-10-8-12/h4-11,15H,1-3H3,(H,20,23)(H,21,22). The van der Waals surface area contributed by atoms with Crippen LogP contribution in [0.25, 0.3) is 11.1 Å². The van der Waals surface area contributed by atoms with E-state index in [4.69, 9.17) is 4.74 Å². The van der Waals surface area contributed by atoms with E-state index >= 15 is 0 Å². The SMILES string of the molecule is CC(C)(C)OC(=O)NC(C(=O)O)c1cccc(-c2ccncc2)c1. The second-order valence-corrected chi connectivity index (χ2v) is 6.28. The maximum absolute atomic E-state index is 11.9. The van der Waals surface area contributed by atoms with Gasteiger partial charge in [-0.25, -0.2) is 9.59 Å². The minimum Gasteiger partial charge on any atom is -0.479 e. The summed E-state index contributed by atoms with van der Waals surface area (Å²) in [7, 11) is 0. The number of ether oxygens (including phenoxy) is 1. The highest BCUT2D eigenvalue weighted by molar-refractivity contribution is 5.82. The minimum absolute atomic E-state index is 0.461. The number of hydrogen-bond donors (Lipinski definition) is 2. The molecule has 0 saturated carbocycles. The molecular formula is C18H20N2O4. The Hall–Kier alpha value is -2.89. The van der Waals surface area contributed by atoms with Crippen molar-refractivity contribution < 1.29 is 19.4 Å². The van der Waals surface area contributed by atoms with Gasteiger partial charge < -0.3 is 15.2 Å². The van der Waals surface area contributed by atoms with Crippen LogP contribution in [0.3, 0.4) is 0 Å². The minimum atomic E-state index is -1.19. The third kappa shape index (κ3) is 4.81. The van der Waals surface area contributed by atoms with E-state index in [2.05, 4.69) is 10.3 Å². The molecule has 6 nitrogen and oxygen atoms in total. The van der Waals surface area contributed by atoms with Crippen molar-refractivity contribution in [2.45, 2.75) is 32.4 Å². The maximum atomic E-state index is 11.9. The van der Waals surface area contributed by atoms with Gasteiger partial charge in [0, 0.05) is 12.4 Å². The first-order chi connectivity index (χ1) is 11.3. The van der Waals surface area contributed by atoms with Gasteiger partial charge in [0.05, 0.1) is 0 Å². The molecule has 6 heteroatoms. The molecule has 1 aromatic carbocycles. The van der Waals surface area contributed by atoms with E-state index in [1.54, 1.807) is 51.4 Å². The van der Waals surface area contributed by atoms with E-state index in [-0.39, 0.29) is 0 Å². The van der Waals surface area contributed by atoms with Gasteiger partial charge in [0.15, 0.2) is 6.04 Å². The lowest BCUT2D eigenvalue weighted by atomic mass is 10.0. The zero-order chi connectivity index (χ0) is 17.7. The van der Waals surface area contributed by atoms with Gasteiger partial charge in [0.2, 0.25) is 0 Å². The van der Waals surface area contributed by atoms with Gasteiger partial charge in [0.1, 0.15) is 5.60 Å². The van der Waals surface area contributed by atoms with Gasteiger partial charge in [-0.3, -0.25) is 4.98 Å². The molecule has 1 aromatic heterocycles. The molecule has 1 atom stereocenters. The molecule has 0 aliphatic carbocycles. The first-order valence-corrected chi connectivity index (χ1v) is 7.49. The Balaban J connectivity index is 2.26. The smallest absolute Gasteiger partial charge is 0.408 e. The van der Waals surface area contributed by atoms with Gasteiger partial charge in [0.25, 0.3) is 0 Å². The number of pyridine rings is 1. The Morgan fingerprint density at radius 3 is 2.38 bits per heavy atom. The zero-order valence-corrected chi connectivity index (χ0v) is 13.8. The molecular weight excluding hydrogens is 308 g/mol. The van der Waals surface area contributed by atoms with Crippen molar-refractivity contribution in [1.82, 2.24) is 10.3 Å². The number of alkyl carbamates (subject to hydrolysis) is 1. The third-order valence-electron chi connectivity index (χ3n) is 3.14. The summed E-state index contributed by atoms with van der Waals surface area (Å²) < 4.78 is 5.13. The molecule has 2 rings (SSSR count). The quantitative estimate of drug-likeness (QED) is 0.898. The Bertz CT molecular complexity index is 723. The number of carboxylic acids is 1. The summed E-state index contributed by atoms with van der Waals surface area (Å²) in [5.41, 5.74) is 1.51. The summed E-state index contributed by atoms with van der Waals surface area (Å²) >= 11 is 0. The predicted molar refractivity (Wildman–Crippen MR) is 89.4 cm³/mol. The summed E-state index contributed by atoms with van der Waals surface area (Å²) in [6.07, 6.45) is 2.55. The van der Waals surface area contributed by atoms with E-state index in [1.807, 2.05) is 18.2 Å². The number of hydrogen-bond acceptors (Lipinski definition) is 4. The van der Waals surface area contributed by atoms with E-state index in [9.17, 15) is 14.7 Å². The summed E-state index contributed by atoms with van der Waals surface area (Å²) in [6, 6.07) is 9.46. The fourth-order valence-electron chi connectivity index (χ4n) is 2.16. The van der Waals surface area contributed by atoms with Gasteiger partial charge in [-0.05, 0) is 55.7 Å². The number of carbonyl (C=O) groups is 2. The topological polar surface area (TPSA) is 88.5 Å². The lowest BCUT2D eigenvalue weighted by molar-refractivity contribution is -0.139. The summed E-state index contributed by atoms with van der Waals surface area (Å²) in [5, 5.41) is 11.9. The summed E-state index contributed by atoms with van der Waals surface area (Å²) in [4.78, 5) is 27.4. The van der Waals surface area contributed by atoms with Gasteiger partial charge in [-0.1, -0.05) is 18.2 Å². The molecule has 0 radical (unpaired) electrons. The first kappa shape index (κ1) is 17.5. The van der Waals surface area contributed by atoms with E-state index in [0.717, 1.165) is 11.1 Å². The highest BCUT2D eigenvalue weighted by atomic mass is 16.6. The lowest BCUT2D eigenvalue weighted by Crippen LogP contribution is -2.38. The molecule has 0 bridgehead atoms. The van der Waals surface area contributed by atoms with Crippen molar-refractivity contribution in [1.29, 1.82) is 0 Å². The van der Waals surface area contributed by atoms with Crippen LogP contribution in [0, 0.1) is 0 Å². The first-order valence-electron chi connectivity index (χ1n) is 7.49. The number of benzene rings is 1. The highest BCUT2D eigenvalue weighted by Gasteiger charge is 2.25. The molecule has 1 heterocycles. The average Bonchev–Trinajstić information content (AvgIpc) is 2.52. The van der Waals surface area contributed by atoms with Gasteiger partial charge >= 0.3 is 12.1 Å². The van der Waals surface area contributed by atoms with Gasteiger partial charge in [-0.15, -0.1) is 0 Å². The molecule has 0 spiro atoms. The molecule has 2 N–H and O–H groups in total. The van der Waals surface area contributed by atoms with Crippen molar-refractivity contribution in [2.75, 3.05) is 0 Å². The van der Waals surface area contributed by atoms with Crippen LogP contribution in [-0.4, -0.2) is 27.8 Å². The van der Waals surface area contributed by atoms with Crippen molar-refractivity contribution in [3.05, 3.63) is 54.4 Å². The molecule has 126 valence electrons. The van der Waals surface area contributed by atoms with Crippen LogP contribution in [-0.2, 0) is 9.53 Å². The summed E-state index contributed by atoms with van der Waals surface area (Å²) in [6.45, 7) is 5.14. The highest BCUT2D eigenvalue weighted by Crippen LogP contribution is 2.23. The Labute approximate surface area is 140 Å². The third-order valence-corrected chi connectivity index (χ3v) is 3.14. The van der Waals surface area contributed by atoms with E-state index in [0.29, 0.717) is 5.56 Å². The summed E-state index contributed by atoms with van der Waals surface area (Å²) in [5.74, 6) is -1.16. The van der Waals surface area contributed by atoms with Gasteiger partial charge in [-0.2, -0.15) is 0 Å². The Kier molecular flexibility index (Phi) is 5.18. The average molecular weight is 328 g/mol. The van der Waals surface area contributed by atoms with Crippen molar-refractivity contribution in [3.8, 4) is 11.1 Å². The number of nitrogens with one attached hydrogen (secondary N) is 1. The Morgan fingerprint density at radius 1 is 1.12 bits per heavy atom. The van der Waals surface area contributed by atoms with Crippen LogP contribution < -0.4 is 5.32 Å². The number of carboxylic acid groups (broad SMARTS) is 1. The maximum Gasteiger partial charge on any atom is 0.408 e. The molecule has 0 aliphatic rings. The van der Waals surface area contributed by atoms with Crippen LogP contribution in [0.15, 0.2) is 48.8 Å². The second kappa shape index (κ2) is 7.12. The van der Waals surface area contributed by atoms with Crippen LogP contribution in [0.5, 0.6) is 0 Å². The van der Waals surface area contributed by atoms with Crippen LogP contribution >= 0.6 is 0 Å². The monoisotopic (exact) mass is 328 g/mol. The zero-order valence-electron chi connectivity index (χ0n) is 13.8. The molecule has 0 aliphatic heterocycles.